The van der Waals surface area contributed by atoms with Crippen LogP contribution in [0.15, 0.2) is 0 Å². The van der Waals surface area contributed by atoms with Gasteiger partial charge in [0.15, 0.2) is 6.79 Å². The Morgan fingerprint density at radius 3 is 2.86 bits per heavy atom. The molecule has 4 heteroatoms. The summed E-state index contributed by atoms with van der Waals surface area (Å²) in [5.41, 5.74) is 0. The second-order valence-corrected chi connectivity index (χ2v) is 1.22. The van der Waals surface area contributed by atoms with E-state index in [1.54, 1.807) is 0 Å². The summed E-state index contributed by atoms with van der Waals surface area (Å²) in [6.45, 7) is 2.54. The van der Waals surface area contributed by atoms with Crippen LogP contribution in [0.25, 0.3) is 0 Å². The van der Waals surface area contributed by atoms with Gasteiger partial charge in [-0.1, -0.05) is 0 Å². The minimum absolute atomic E-state index is 0.113. The molecule has 0 unspecified atom stereocenters. The molecule has 0 rings (SSSR count). The van der Waals surface area contributed by atoms with Gasteiger partial charge in [0.25, 0.3) is 0 Å². The molecule has 0 bridgehead atoms. The van der Waals surface area contributed by atoms with Gasteiger partial charge in [-0.2, -0.15) is 0 Å². The Labute approximate surface area is 43.9 Å². The number of hydrogen-bond acceptors (Lipinski definition) is 3. The van der Waals surface area contributed by atoms with Crippen molar-refractivity contribution in [2.24, 2.45) is 0 Å². The lowest BCUT2D eigenvalue weighted by Crippen LogP contribution is -1.90. The van der Waals surface area contributed by atoms with Crippen molar-refractivity contribution >= 4 is 8.69 Å². The van der Waals surface area contributed by atoms with Gasteiger partial charge in [0.2, 0.25) is 0 Å². The fourth-order valence-electron chi connectivity index (χ4n) is 0.142. The molecule has 0 fully saturated rings. The highest BCUT2D eigenvalue weighted by molar-refractivity contribution is 7.17. The van der Waals surface area contributed by atoms with Crippen LogP contribution < -0.4 is 0 Å². The van der Waals surface area contributed by atoms with E-state index < -0.39 is 0 Å². The zero-order valence-corrected chi connectivity index (χ0v) is 4.98. The van der Waals surface area contributed by atoms with E-state index in [0.717, 1.165) is 0 Å². The van der Waals surface area contributed by atoms with Crippen molar-refractivity contribution in [1.82, 2.24) is 0 Å². The number of rotatable bonds is 4. The van der Waals surface area contributed by atoms with Gasteiger partial charge < -0.3 is 4.74 Å². The minimum atomic E-state index is -0.320. The summed E-state index contributed by atoms with van der Waals surface area (Å²) in [6.07, 6.45) is 0. The van der Waals surface area contributed by atoms with Crippen molar-refractivity contribution < 1.29 is 13.8 Å². The van der Waals surface area contributed by atoms with Crippen molar-refractivity contribution in [3.05, 3.63) is 0 Å². The van der Waals surface area contributed by atoms with E-state index in [1.807, 2.05) is 6.92 Å². The van der Waals surface area contributed by atoms with Crippen LogP contribution in [0.4, 0.5) is 0 Å². The maximum absolute atomic E-state index is 9.47. The normalized spacial score (nSPS) is 9.86. The Morgan fingerprint density at radius 1 is 1.71 bits per heavy atom. The molecular formula is C3H7O3P. The second-order valence-electron chi connectivity index (χ2n) is 0.814. The van der Waals surface area contributed by atoms with Crippen molar-refractivity contribution in [3.63, 3.8) is 0 Å². The maximum Gasteiger partial charge on any atom is 0.329 e. The summed E-state index contributed by atoms with van der Waals surface area (Å²) in [7, 11) is -0.320. The van der Waals surface area contributed by atoms with E-state index in [-0.39, 0.29) is 15.5 Å². The summed E-state index contributed by atoms with van der Waals surface area (Å²) in [6, 6.07) is 0. The molecule has 0 N–H and O–H groups in total. The van der Waals surface area contributed by atoms with Gasteiger partial charge in [-0.25, -0.2) is 4.57 Å². The first kappa shape index (κ1) is 7.02. The quantitative estimate of drug-likeness (QED) is 0.319. The molecule has 0 heterocycles. The van der Waals surface area contributed by atoms with Crippen LogP contribution in [0, 0.1) is 0 Å². The van der Waals surface area contributed by atoms with Crippen LogP contribution in [-0.2, 0) is 13.8 Å². The van der Waals surface area contributed by atoms with Crippen molar-refractivity contribution in [3.8, 4) is 0 Å². The molecule has 0 aliphatic heterocycles. The van der Waals surface area contributed by atoms with E-state index in [9.17, 15) is 4.57 Å². The van der Waals surface area contributed by atoms with Crippen LogP contribution in [-0.4, -0.2) is 13.4 Å². The molecule has 0 amide bonds. The molecule has 0 aliphatic rings. The lowest BCUT2D eigenvalue weighted by molar-refractivity contribution is 0.0306. The lowest BCUT2D eigenvalue weighted by Gasteiger charge is -1.91. The van der Waals surface area contributed by atoms with Crippen LogP contribution in [0.1, 0.15) is 6.92 Å². The molecule has 0 aromatic carbocycles. The fraction of sp³-hybridized carbons (Fsp3) is 1.00. The van der Waals surface area contributed by atoms with Gasteiger partial charge >= 0.3 is 8.69 Å². The number of ether oxygens (including phenoxy) is 1. The van der Waals surface area contributed by atoms with Crippen molar-refractivity contribution in [2.45, 2.75) is 6.92 Å². The topological polar surface area (TPSA) is 35.5 Å². The van der Waals surface area contributed by atoms with E-state index in [1.165, 1.54) is 0 Å². The average molecular weight is 122 g/mol. The molecule has 7 heavy (non-hydrogen) atoms. The third-order valence-electron chi connectivity index (χ3n) is 0.393. The standard InChI is InChI=1S/C3H7O3P/c1-2-5-3-6-7-4/h2-3H2,1H3. The Bertz CT molecular complexity index is 47.4. The smallest absolute Gasteiger partial charge is 0.329 e. The zero-order valence-electron chi connectivity index (χ0n) is 4.09. The second kappa shape index (κ2) is 6.02. The highest BCUT2D eigenvalue weighted by Crippen LogP contribution is 1.91. The maximum atomic E-state index is 9.47. The molecule has 3 nitrogen and oxygen atoms in total. The van der Waals surface area contributed by atoms with E-state index in [0.29, 0.717) is 6.61 Å². The SMILES string of the molecule is CCOCOP=O. The Balaban J connectivity index is 2.56. The van der Waals surface area contributed by atoms with Crippen molar-refractivity contribution in [2.75, 3.05) is 13.4 Å². The summed E-state index contributed by atoms with van der Waals surface area (Å²) in [5, 5.41) is 0. The van der Waals surface area contributed by atoms with Crippen LogP contribution >= 0.6 is 8.69 Å². The summed E-state index contributed by atoms with van der Waals surface area (Å²) in [4.78, 5) is 0. The molecule has 0 aliphatic carbocycles. The Morgan fingerprint density at radius 2 is 2.43 bits per heavy atom. The molecule has 0 atom stereocenters. The first-order valence-electron chi connectivity index (χ1n) is 1.94. The molecule has 0 saturated heterocycles. The number of hydrogen-bond donors (Lipinski definition) is 0. The van der Waals surface area contributed by atoms with E-state index in [4.69, 9.17) is 0 Å². The van der Waals surface area contributed by atoms with Crippen LogP contribution in [0.5, 0.6) is 0 Å². The van der Waals surface area contributed by atoms with Gasteiger partial charge in [0.05, 0.1) is 0 Å². The predicted octanol–water partition coefficient (Wildman–Crippen LogP) is 1.20. The van der Waals surface area contributed by atoms with E-state index in [2.05, 4.69) is 9.26 Å². The average Bonchev–Trinajstić information content (AvgIpc) is 1.69. The van der Waals surface area contributed by atoms with Crippen LogP contribution in [0.2, 0.25) is 0 Å². The predicted molar refractivity (Wildman–Crippen MR) is 25.2 cm³/mol. The molecule has 0 radical (unpaired) electrons. The molecule has 0 aromatic heterocycles. The molecule has 0 spiro atoms. The first-order valence-corrected chi connectivity index (χ1v) is 2.67. The summed E-state index contributed by atoms with van der Waals surface area (Å²) in [5.74, 6) is 0. The van der Waals surface area contributed by atoms with Gasteiger partial charge in [-0.15, -0.1) is 0 Å². The minimum Gasteiger partial charge on any atom is -0.355 e. The highest BCUT2D eigenvalue weighted by atomic mass is 31.1. The first-order chi connectivity index (χ1) is 3.41. The van der Waals surface area contributed by atoms with E-state index >= 15 is 0 Å². The third kappa shape index (κ3) is 6.02. The summed E-state index contributed by atoms with van der Waals surface area (Å²) >= 11 is 0. The van der Waals surface area contributed by atoms with Crippen molar-refractivity contribution in [1.29, 1.82) is 0 Å². The lowest BCUT2D eigenvalue weighted by atomic mass is 10.9. The fourth-order valence-corrected chi connectivity index (χ4v) is 0.260. The van der Waals surface area contributed by atoms with Gasteiger partial charge in [-0.05, 0) is 6.92 Å². The van der Waals surface area contributed by atoms with Gasteiger partial charge in [0, 0.05) is 6.61 Å². The van der Waals surface area contributed by atoms with Gasteiger partial charge in [-0.3, -0.25) is 4.52 Å². The molecular weight excluding hydrogens is 115 g/mol. The third-order valence-corrected chi connectivity index (χ3v) is 0.604. The molecule has 0 aromatic rings. The molecule has 42 valence electrons. The Kier molecular flexibility index (Phi) is 6.04. The highest BCUT2D eigenvalue weighted by Gasteiger charge is 1.78. The zero-order chi connectivity index (χ0) is 5.54. The molecule has 0 saturated carbocycles. The Hall–Kier alpha value is 0.0200. The largest absolute Gasteiger partial charge is 0.355 e. The van der Waals surface area contributed by atoms with Crippen LogP contribution in [0.3, 0.4) is 0 Å². The van der Waals surface area contributed by atoms with Gasteiger partial charge in [0.1, 0.15) is 0 Å². The summed E-state index contributed by atoms with van der Waals surface area (Å²) < 4.78 is 18.4. The monoisotopic (exact) mass is 122 g/mol.